The van der Waals surface area contributed by atoms with E-state index < -0.39 is 21.9 Å². The molecule has 3 rings (SSSR count). The maximum atomic E-state index is 11.9. The zero-order chi connectivity index (χ0) is 13.6. The van der Waals surface area contributed by atoms with E-state index in [-0.39, 0.29) is 4.90 Å². The van der Waals surface area contributed by atoms with Crippen molar-refractivity contribution in [3.05, 3.63) is 29.8 Å². The molecule has 2 heterocycles. The Bertz CT molecular complexity index is 681. The Labute approximate surface area is 110 Å². The van der Waals surface area contributed by atoms with Crippen LogP contribution in [0.2, 0.25) is 0 Å². The number of carboxylic acids is 1. The first-order valence-corrected chi connectivity index (χ1v) is 7.35. The summed E-state index contributed by atoms with van der Waals surface area (Å²) in [6.07, 6.45) is 0.510. The number of hydrogen-bond donors (Lipinski definition) is 1. The monoisotopic (exact) mass is 280 g/mol. The lowest BCUT2D eigenvalue weighted by Gasteiger charge is -2.17. The molecule has 7 heteroatoms. The average Bonchev–Trinajstić information content (AvgIpc) is 2.94. The quantitative estimate of drug-likeness (QED) is 0.811. The molecular weight excluding hydrogens is 268 g/mol. The molecule has 0 unspecified atom stereocenters. The van der Waals surface area contributed by atoms with Crippen LogP contribution in [0.1, 0.15) is 12.0 Å². The third kappa shape index (κ3) is 1.90. The van der Waals surface area contributed by atoms with E-state index in [4.69, 9.17) is 5.11 Å². The van der Waals surface area contributed by atoms with Crippen molar-refractivity contribution in [3.63, 3.8) is 0 Å². The van der Waals surface area contributed by atoms with E-state index in [2.05, 4.69) is 4.40 Å². The van der Waals surface area contributed by atoms with Gasteiger partial charge in [0, 0.05) is 18.7 Å². The smallest absolute Gasteiger partial charge is 0.308 e. The minimum absolute atomic E-state index is 0.198. The zero-order valence-electron chi connectivity index (χ0n) is 9.98. The van der Waals surface area contributed by atoms with Gasteiger partial charge in [-0.3, -0.25) is 4.79 Å². The molecule has 2 aliphatic heterocycles. The Hall–Kier alpha value is -1.89. The topological polar surface area (TPSA) is 87.0 Å². The largest absolute Gasteiger partial charge is 0.481 e. The van der Waals surface area contributed by atoms with Gasteiger partial charge in [-0.05, 0) is 18.6 Å². The van der Waals surface area contributed by atoms with E-state index in [1.54, 1.807) is 23.1 Å². The van der Waals surface area contributed by atoms with Crippen molar-refractivity contribution in [2.75, 3.05) is 13.1 Å². The fraction of sp³-hybridized carbons (Fsp3) is 0.333. The van der Waals surface area contributed by atoms with Crippen LogP contribution in [0.25, 0.3) is 0 Å². The van der Waals surface area contributed by atoms with Crippen molar-refractivity contribution in [1.82, 2.24) is 4.90 Å². The number of hydrogen-bond acceptors (Lipinski definition) is 4. The van der Waals surface area contributed by atoms with Crippen LogP contribution in [-0.4, -0.2) is 43.3 Å². The molecule has 6 nitrogen and oxygen atoms in total. The van der Waals surface area contributed by atoms with Gasteiger partial charge < -0.3 is 10.0 Å². The van der Waals surface area contributed by atoms with Gasteiger partial charge >= 0.3 is 5.97 Å². The van der Waals surface area contributed by atoms with Gasteiger partial charge in [0.15, 0.2) is 5.84 Å². The molecule has 100 valence electrons. The van der Waals surface area contributed by atoms with Crippen LogP contribution in [0.3, 0.4) is 0 Å². The molecule has 1 saturated heterocycles. The molecule has 1 aromatic carbocycles. The van der Waals surface area contributed by atoms with Crippen LogP contribution in [-0.2, 0) is 14.8 Å². The number of carboxylic acid groups (broad SMARTS) is 1. The SMILES string of the molecule is O=C(O)[C@H]1CCN(C2=NS(=O)(=O)c3ccccc32)C1. The fourth-order valence-electron chi connectivity index (χ4n) is 2.47. The molecule has 0 saturated carbocycles. The van der Waals surface area contributed by atoms with Gasteiger partial charge in [-0.2, -0.15) is 8.42 Å². The first-order chi connectivity index (χ1) is 8.99. The molecule has 0 bridgehead atoms. The molecule has 0 amide bonds. The lowest BCUT2D eigenvalue weighted by Crippen LogP contribution is -2.29. The average molecular weight is 280 g/mol. The predicted octanol–water partition coefficient (Wildman–Crippen LogP) is 0.542. The number of nitrogens with zero attached hydrogens (tertiary/aromatic N) is 2. The minimum atomic E-state index is -3.63. The van der Waals surface area contributed by atoms with Crippen molar-refractivity contribution < 1.29 is 18.3 Å². The standard InChI is InChI=1S/C12H12N2O4S/c15-12(16)8-5-6-14(7-8)11-9-3-1-2-4-10(9)19(17,18)13-11/h1-4,8H,5-7H2,(H,15,16)/t8-/m0/s1. The second kappa shape index (κ2) is 4.06. The molecule has 0 aliphatic carbocycles. The van der Waals surface area contributed by atoms with Crippen molar-refractivity contribution in [1.29, 1.82) is 0 Å². The lowest BCUT2D eigenvalue weighted by molar-refractivity contribution is -0.141. The van der Waals surface area contributed by atoms with Crippen LogP contribution in [0.15, 0.2) is 33.6 Å². The third-order valence-electron chi connectivity index (χ3n) is 3.45. The Balaban J connectivity index is 1.98. The summed E-state index contributed by atoms with van der Waals surface area (Å²) in [5, 5.41) is 8.99. The molecule has 0 radical (unpaired) electrons. The number of aliphatic carboxylic acids is 1. The second-order valence-corrected chi connectivity index (χ2v) is 6.23. The summed E-state index contributed by atoms with van der Waals surface area (Å²) in [5.41, 5.74) is 0.563. The Morgan fingerprint density at radius 2 is 2.11 bits per heavy atom. The van der Waals surface area contributed by atoms with Crippen molar-refractivity contribution >= 4 is 21.8 Å². The van der Waals surface area contributed by atoms with E-state index >= 15 is 0 Å². The minimum Gasteiger partial charge on any atom is -0.481 e. The Morgan fingerprint density at radius 1 is 1.37 bits per heavy atom. The highest BCUT2D eigenvalue weighted by atomic mass is 32.2. The number of likely N-dealkylation sites (tertiary alicyclic amines) is 1. The summed E-state index contributed by atoms with van der Waals surface area (Å²) in [4.78, 5) is 12.9. The second-order valence-electron chi connectivity index (χ2n) is 4.66. The van der Waals surface area contributed by atoms with Gasteiger partial charge in [0.1, 0.15) is 4.90 Å². The molecule has 0 spiro atoms. The van der Waals surface area contributed by atoms with E-state index in [0.29, 0.717) is 30.9 Å². The van der Waals surface area contributed by atoms with Gasteiger partial charge in [0.2, 0.25) is 0 Å². The van der Waals surface area contributed by atoms with E-state index in [0.717, 1.165) is 0 Å². The van der Waals surface area contributed by atoms with Gasteiger partial charge in [-0.1, -0.05) is 12.1 Å². The molecule has 1 aromatic rings. The molecule has 1 fully saturated rings. The first kappa shape index (κ1) is 12.2. The van der Waals surface area contributed by atoms with Gasteiger partial charge in [0.25, 0.3) is 10.0 Å². The zero-order valence-corrected chi connectivity index (χ0v) is 10.8. The maximum absolute atomic E-state index is 11.9. The van der Waals surface area contributed by atoms with Gasteiger partial charge in [0.05, 0.1) is 5.92 Å². The summed E-state index contributed by atoms with van der Waals surface area (Å²) in [7, 11) is -3.63. The van der Waals surface area contributed by atoms with Crippen molar-refractivity contribution in [2.24, 2.45) is 10.3 Å². The first-order valence-electron chi connectivity index (χ1n) is 5.91. The summed E-state index contributed by atoms with van der Waals surface area (Å²) in [6.45, 7) is 0.817. The van der Waals surface area contributed by atoms with Gasteiger partial charge in [-0.25, -0.2) is 0 Å². The third-order valence-corrected chi connectivity index (χ3v) is 4.77. The number of sulfonamides is 1. The van der Waals surface area contributed by atoms with Crippen LogP contribution >= 0.6 is 0 Å². The Kier molecular flexibility index (Phi) is 2.60. The molecule has 2 aliphatic rings. The number of amidine groups is 1. The van der Waals surface area contributed by atoms with E-state index in [9.17, 15) is 13.2 Å². The number of fused-ring (bicyclic) bond motifs is 1. The highest BCUT2D eigenvalue weighted by Gasteiger charge is 2.36. The Morgan fingerprint density at radius 3 is 2.79 bits per heavy atom. The molecule has 19 heavy (non-hydrogen) atoms. The molecule has 1 N–H and O–H groups in total. The summed E-state index contributed by atoms with van der Waals surface area (Å²) in [6, 6.07) is 6.62. The normalized spacial score (nSPS) is 24.1. The summed E-state index contributed by atoms with van der Waals surface area (Å²) in [5.74, 6) is -0.935. The summed E-state index contributed by atoms with van der Waals surface area (Å²) < 4.78 is 27.6. The van der Waals surface area contributed by atoms with Crippen molar-refractivity contribution in [2.45, 2.75) is 11.3 Å². The van der Waals surface area contributed by atoms with Crippen LogP contribution in [0.4, 0.5) is 0 Å². The fourth-order valence-corrected chi connectivity index (χ4v) is 3.70. The summed E-state index contributed by atoms with van der Waals surface area (Å²) >= 11 is 0. The highest BCUT2D eigenvalue weighted by molar-refractivity contribution is 7.90. The van der Waals surface area contributed by atoms with Crippen LogP contribution < -0.4 is 0 Å². The number of carbonyl (C=O) groups is 1. The maximum Gasteiger partial charge on any atom is 0.308 e. The van der Waals surface area contributed by atoms with E-state index in [1.165, 1.54) is 6.07 Å². The predicted molar refractivity (Wildman–Crippen MR) is 67.5 cm³/mol. The number of rotatable bonds is 1. The number of benzene rings is 1. The lowest BCUT2D eigenvalue weighted by atomic mass is 10.1. The van der Waals surface area contributed by atoms with Gasteiger partial charge in [-0.15, -0.1) is 4.40 Å². The molecular formula is C12H12N2O4S. The molecule has 1 atom stereocenters. The van der Waals surface area contributed by atoms with Crippen molar-refractivity contribution in [3.8, 4) is 0 Å². The van der Waals surface area contributed by atoms with Crippen LogP contribution in [0, 0.1) is 5.92 Å². The van der Waals surface area contributed by atoms with E-state index in [1.807, 2.05) is 0 Å². The van der Waals surface area contributed by atoms with Crippen LogP contribution in [0.5, 0.6) is 0 Å². The highest BCUT2D eigenvalue weighted by Crippen LogP contribution is 2.29. The molecule has 0 aromatic heterocycles.